The number of para-hydroxylation sites is 2. The molecule has 1 aliphatic rings. The predicted octanol–water partition coefficient (Wildman–Crippen LogP) is 3.36. The molecule has 7 heteroatoms. The summed E-state index contributed by atoms with van der Waals surface area (Å²) in [6, 6.07) is 16.3. The van der Waals surface area contributed by atoms with Crippen molar-refractivity contribution in [3.05, 3.63) is 70.0 Å². The summed E-state index contributed by atoms with van der Waals surface area (Å²) < 4.78 is 1.59. The highest BCUT2D eigenvalue weighted by atomic mass is 32.2. The number of fused-ring (bicyclic) bond motifs is 1. The quantitative estimate of drug-likeness (QED) is 0.559. The topological polar surface area (TPSA) is 67.2 Å². The molecule has 0 bridgehead atoms. The maximum atomic E-state index is 12.5. The minimum Gasteiger partial charge on any atom is -0.355 e. The van der Waals surface area contributed by atoms with E-state index in [4.69, 9.17) is 0 Å². The van der Waals surface area contributed by atoms with Gasteiger partial charge in [-0.1, -0.05) is 53.7 Å². The van der Waals surface area contributed by atoms with Gasteiger partial charge >= 0.3 is 0 Å². The van der Waals surface area contributed by atoms with Crippen molar-refractivity contribution in [3.8, 4) is 0 Å². The highest BCUT2D eigenvalue weighted by Gasteiger charge is 2.20. The first-order chi connectivity index (χ1) is 15.5. The number of nitrogens with one attached hydrogen (secondary N) is 1. The molecule has 1 saturated heterocycles. The highest BCUT2D eigenvalue weighted by Crippen LogP contribution is 2.19. The largest absolute Gasteiger partial charge is 0.355 e. The Morgan fingerprint density at radius 1 is 1.12 bits per heavy atom. The molecular formula is C25H30N4O2S. The molecular weight excluding hydrogens is 420 g/mol. The van der Waals surface area contributed by atoms with E-state index in [0.29, 0.717) is 17.5 Å². The molecule has 1 fully saturated rings. The first kappa shape index (κ1) is 22.6. The lowest BCUT2D eigenvalue weighted by atomic mass is 9.96. The fraction of sp³-hybridized carbons (Fsp3) is 0.400. The molecule has 32 heavy (non-hydrogen) atoms. The number of nitrogens with zero attached hydrogens (tertiary/aromatic N) is 3. The standard InChI is InChI=1S/C25H30N4O2S/c1-18-7-9-20(10-8-18)16-29-13-11-19(12-14-29)15-26-23(30)17-32-24-25(31)28(2)22-6-4-3-5-21(22)27-24/h3-10,19H,11-17H2,1-2H3,(H,26,30). The highest BCUT2D eigenvalue weighted by molar-refractivity contribution is 7.99. The van der Waals surface area contributed by atoms with Gasteiger partial charge in [0.2, 0.25) is 5.91 Å². The molecule has 0 aliphatic carbocycles. The van der Waals surface area contributed by atoms with Crippen LogP contribution in [-0.4, -0.2) is 45.7 Å². The van der Waals surface area contributed by atoms with Crippen LogP contribution >= 0.6 is 11.8 Å². The smallest absolute Gasteiger partial charge is 0.283 e. The lowest BCUT2D eigenvalue weighted by Crippen LogP contribution is -2.38. The Balaban J connectivity index is 1.21. The van der Waals surface area contributed by atoms with E-state index in [9.17, 15) is 9.59 Å². The van der Waals surface area contributed by atoms with E-state index in [-0.39, 0.29) is 17.2 Å². The zero-order valence-corrected chi connectivity index (χ0v) is 19.5. The molecule has 0 radical (unpaired) electrons. The van der Waals surface area contributed by atoms with Crippen molar-refractivity contribution in [1.29, 1.82) is 0 Å². The van der Waals surface area contributed by atoms with Crippen molar-refractivity contribution in [3.63, 3.8) is 0 Å². The summed E-state index contributed by atoms with van der Waals surface area (Å²) in [6.45, 7) is 5.91. The van der Waals surface area contributed by atoms with Crippen LogP contribution in [0.4, 0.5) is 0 Å². The van der Waals surface area contributed by atoms with Crippen molar-refractivity contribution in [2.24, 2.45) is 13.0 Å². The summed E-state index contributed by atoms with van der Waals surface area (Å²) >= 11 is 1.21. The van der Waals surface area contributed by atoms with Crippen LogP contribution in [0.25, 0.3) is 11.0 Å². The monoisotopic (exact) mass is 450 g/mol. The van der Waals surface area contributed by atoms with Crippen LogP contribution in [0.1, 0.15) is 24.0 Å². The van der Waals surface area contributed by atoms with E-state index in [1.54, 1.807) is 11.6 Å². The van der Waals surface area contributed by atoms with Gasteiger partial charge in [0.15, 0.2) is 5.03 Å². The number of likely N-dealkylation sites (tertiary alicyclic amines) is 1. The summed E-state index contributed by atoms with van der Waals surface area (Å²) in [4.78, 5) is 31.8. The van der Waals surface area contributed by atoms with Gasteiger partial charge in [-0.2, -0.15) is 0 Å². The third-order valence-corrected chi connectivity index (χ3v) is 7.06. The second-order valence-electron chi connectivity index (χ2n) is 8.57. The Labute approximate surface area is 193 Å². The Bertz CT molecular complexity index is 1130. The number of amides is 1. The summed E-state index contributed by atoms with van der Waals surface area (Å²) in [5.41, 5.74) is 4.03. The number of benzene rings is 2. The normalized spacial score (nSPS) is 15.2. The van der Waals surface area contributed by atoms with Gasteiger partial charge in [0, 0.05) is 20.1 Å². The van der Waals surface area contributed by atoms with Crippen LogP contribution < -0.4 is 10.9 Å². The van der Waals surface area contributed by atoms with Crippen LogP contribution in [0.5, 0.6) is 0 Å². The van der Waals surface area contributed by atoms with Gasteiger partial charge in [0.05, 0.1) is 16.8 Å². The van der Waals surface area contributed by atoms with Crippen molar-refractivity contribution in [2.75, 3.05) is 25.4 Å². The van der Waals surface area contributed by atoms with Crippen molar-refractivity contribution < 1.29 is 4.79 Å². The third kappa shape index (κ3) is 5.58. The van der Waals surface area contributed by atoms with Crippen molar-refractivity contribution >= 4 is 28.7 Å². The average Bonchev–Trinajstić information content (AvgIpc) is 2.81. The number of aryl methyl sites for hydroxylation is 2. The number of piperidine rings is 1. The number of carbonyl (C=O) groups excluding carboxylic acids is 1. The molecule has 6 nitrogen and oxygen atoms in total. The second kappa shape index (κ2) is 10.3. The van der Waals surface area contributed by atoms with E-state index in [0.717, 1.165) is 43.5 Å². The summed E-state index contributed by atoms with van der Waals surface area (Å²) in [5, 5.41) is 3.42. The number of rotatable bonds is 7. The van der Waals surface area contributed by atoms with Crippen LogP contribution in [0.15, 0.2) is 58.4 Å². The van der Waals surface area contributed by atoms with E-state index < -0.39 is 0 Å². The fourth-order valence-corrected chi connectivity index (χ4v) is 4.88. The Hall–Kier alpha value is -2.64. The molecule has 2 aromatic carbocycles. The molecule has 0 unspecified atom stereocenters. The number of thioether (sulfide) groups is 1. The summed E-state index contributed by atoms with van der Waals surface area (Å²) in [6.07, 6.45) is 2.18. The van der Waals surface area contributed by atoms with Gasteiger partial charge in [0.25, 0.3) is 5.56 Å². The van der Waals surface area contributed by atoms with Crippen LogP contribution in [0, 0.1) is 12.8 Å². The molecule has 2 heterocycles. The van der Waals surface area contributed by atoms with Gasteiger partial charge < -0.3 is 9.88 Å². The van der Waals surface area contributed by atoms with Crippen molar-refractivity contribution in [2.45, 2.75) is 31.3 Å². The first-order valence-corrected chi connectivity index (χ1v) is 12.1. The van der Waals surface area contributed by atoms with E-state index in [1.807, 2.05) is 24.3 Å². The van der Waals surface area contributed by atoms with Gasteiger partial charge in [-0.15, -0.1) is 0 Å². The number of carbonyl (C=O) groups is 1. The van der Waals surface area contributed by atoms with Crippen molar-refractivity contribution in [1.82, 2.24) is 19.8 Å². The summed E-state index contributed by atoms with van der Waals surface area (Å²) in [5.74, 6) is 0.659. The van der Waals surface area contributed by atoms with Crippen LogP contribution in [0.2, 0.25) is 0 Å². The third-order valence-electron chi connectivity index (χ3n) is 6.11. The molecule has 0 atom stereocenters. The Kier molecular flexibility index (Phi) is 7.27. The van der Waals surface area contributed by atoms with E-state index >= 15 is 0 Å². The fourth-order valence-electron chi connectivity index (χ4n) is 4.09. The lowest BCUT2D eigenvalue weighted by Gasteiger charge is -2.32. The molecule has 1 aliphatic heterocycles. The molecule has 0 saturated carbocycles. The maximum absolute atomic E-state index is 12.5. The van der Waals surface area contributed by atoms with Crippen LogP contribution in [0.3, 0.4) is 0 Å². The van der Waals surface area contributed by atoms with Gasteiger partial charge in [-0.3, -0.25) is 14.5 Å². The lowest BCUT2D eigenvalue weighted by molar-refractivity contribution is -0.118. The molecule has 4 rings (SSSR count). The SMILES string of the molecule is Cc1ccc(CN2CCC(CNC(=O)CSc3nc4ccccc4n(C)c3=O)CC2)cc1. The molecule has 168 valence electrons. The number of aromatic nitrogens is 2. The van der Waals surface area contributed by atoms with E-state index in [2.05, 4.69) is 46.4 Å². The number of hydrogen-bond donors (Lipinski definition) is 1. The molecule has 0 spiro atoms. The first-order valence-electron chi connectivity index (χ1n) is 11.1. The maximum Gasteiger partial charge on any atom is 0.283 e. The second-order valence-corrected chi connectivity index (χ2v) is 9.53. The number of hydrogen-bond acceptors (Lipinski definition) is 5. The van der Waals surface area contributed by atoms with Gasteiger partial charge in [-0.05, 0) is 56.5 Å². The van der Waals surface area contributed by atoms with Gasteiger partial charge in [-0.25, -0.2) is 4.98 Å². The van der Waals surface area contributed by atoms with Crippen LogP contribution in [-0.2, 0) is 18.4 Å². The predicted molar refractivity (Wildman–Crippen MR) is 130 cm³/mol. The zero-order chi connectivity index (χ0) is 22.5. The molecule has 1 amide bonds. The Morgan fingerprint density at radius 3 is 2.59 bits per heavy atom. The van der Waals surface area contributed by atoms with Gasteiger partial charge in [0.1, 0.15) is 0 Å². The van der Waals surface area contributed by atoms with E-state index in [1.165, 1.54) is 22.9 Å². The zero-order valence-electron chi connectivity index (χ0n) is 18.7. The Morgan fingerprint density at radius 2 is 1.84 bits per heavy atom. The molecule has 1 N–H and O–H groups in total. The molecule has 3 aromatic rings. The minimum absolute atomic E-state index is 0.0471. The average molecular weight is 451 g/mol. The minimum atomic E-state index is -0.164. The molecule has 1 aromatic heterocycles. The summed E-state index contributed by atoms with van der Waals surface area (Å²) in [7, 11) is 1.74.